The van der Waals surface area contributed by atoms with Crippen molar-refractivity contribution in [1.29, 1.82) is 0 Å². The first-order valence-electron chi connectivity index (χ1n) is 6.45. The van der Waals surface area contributed by atoms with Gasteiger partial charge in [-0.05, 0) is 56.9 Å². The fourth-order valence-electron chi connectivity index (χ4n) is 3.63. The van der Waals surface area contributed by atoms with Crippen molar-refractivity contribution in [3.8, 4) is 0 Å². The van der Waals surface area contributed by atoms with Crippen LogP contribution in [0.25, 0.3) is 0 Å². The van der Waals surface area contributed by atoms with Gasteiger partial charge in [0.2, 0.25) is 0 Å². The molecule has 2 fully saturated rings. The Bertz CT molecular complexity index is 330. The van der Waals surface area contributed by atoms with Crippen LogP contribution >= 0.6 is 0 Å². The van der Waals surface area contributed by atoms with Crippen LogP contribution in [0.2, 0.25) is 0 Å². The second kappa shape index (κ2) is 3.73. The Morgan fingerprint density at radius 1 is 1.44 bits per heavy atom. The summed E-state index contributed by atoms with van der Waals surface area (Å²) in [5.41, 5.74) is 1.71. The summed E-state index contributed by atoms with van der Waals surface area (Å²) in [6, 6.07) is 0. The number of fused-ring (bicyclic) bond motifs is 1. The second-order valence-electron chi connectivity index (χ2n) is 6.16. The third-order valence-electron chi connectivity index (χ3n) is 5.07. The van der Waals surface area contributed by atoms with E-state index >= 15 is 0 Å². The van der Waals surface area contributed by atoms with Gasteiger partial charge in [-0.15, -0.1) is 0 Å². The molecule has 2 aliphatic carbocycles. The lowest BCUT2D eigenvalue weighted by molar-refractivity contribution is -0.106. The average molecular weight is 220 g/mol. The Hall–Kier alpha value is -0.560. The Morgan fingerprint density at radius 2 is 2.12 bits per heavy atom. The Morgan fingerprint density at radius 3 is 2.75 bits per heavy atom. The fraction of sp³-hybridized carbons (Fsp3) is 0.733. The first-order chi connectivity index (χ1) is 7.39. The first kappa shape index (κ1) is 11.9. The Labute approximate surface area is 99.3 Å². The molecular formula is C15H24O. The van der Waals surface area contributed by atoms with Crippen molar-refractivity contribution in [1.82, 2.24) is 0 Å². The van der Waals surface area contributed by atoms with E-state index in [-0.39, 0.29) is 5.41 Å². The molecule has 0 radical (unpaired) electrons. The van der Waals surface area contributed by atoms with Crippen LogP contribution in [0, 0.1) is 11.3 Å². The van der Waals surface area contributed by atoms with Crippen LogP contribution < -0.4 is 0 Å². The molecule has 2 aliphatic rings. The van der Waals surface area contributed by atoms with Crippen molar-refractivity contribution in [3.63, 3.8) is 0 Å². The number of allylic oxidation sites excluding steroid dienone is 1. The van der Waals surface area contributed by atoms with Gasteiger partial charge in [0.05, 0.1) is 5.60 Å². The zero-order valence-electron chi connectivity index (χ0n) is 10.7. The van der Waals surface area contributed by atoms with Gasteiger partial charge in [0.25, 0.3) is 0 Å². The number of hydrogen-bond acceptors (Lipinski definition) is 1. The molecule has 3 atom stereocenters. The van der Waals surface area contributed by atoms with E-state index in [2.05, 4.69) is 27.0 Å². The molecule has 1 heteroatoms. The minimum Gasteiger partial charge on any atom is -0.385 e. The second-order valence-corrected chi connectivity index (χ2v) is 6.16. The van der Waals surface area contributed by atoms with Crippen molar-refractivity contribution in [2.45, 2.75) is 58.0 Å². The Kier molecular flexibility index (Phi) is 2.78. The molecule has 0 aromatic rings. The number of hydrogen-bond donors (Lipinski definition) is 1. The SMILES string of the molecule is C=C(C)[C@@H]1CC[C@@]2(C)CCCC(=C)[C@]2(O)C1. The lowest BCUT2D eigenvalue weighted by atomic mass is 9.53. The molecule has 0 aromatic carbocycles. The van der Waals surface area contributed by atoms with Gasteiger partial charge in [-0.1, -0.05) is 25.7 Å². The predicted octanol–water partition coefficient (Wildman–Crippen LogP) is 3.84. The third kappa shape index (κ3) is 1.57. The summed E-state index contributed by atoms with van der Waals surface area (Å²) in [4.78, 5) is 0. The minimum atomic E-state index is -0.632. The Balaban J connectivity index is 2.29. The van der Waals surface area contributed by atoms with Crippen molar-refractivity contribution >= 4 is 0 Å². The molecule has 0 spiro atoms. The van der Waals surface area contributed by atoms with Crippen LogP contribution in [-0.2, 0) is 0 Å². The van der Waals surface area contributed by atoms with Crippen LogP contribution in [0.4, 0.5) is 0 Å². The smallest absolute Gasteiger partial charge is 0.0913 e. The van der Waals surface area contributed by atoms with Crippen LogP contribution in [-0.4, -0.2) is 10.7 Å². The fourth-order valence-corrected chi connectivity index (χ4v) is 3.63. The summed E-state index contributed by atoms with van der Waals surface area (Å²) >= 11 is 0. The van der Waals surface area contributed by atoms with Gasteiger partial charge in [0.15, 0.2) is 0 Å². The third-order valence-corrected chi connectivity index (χ3v) is 5.07. The van der Waals surface area contributed by atoms with Gasteiger partial charge in [0, 0.05) is 5.41 Å². The molecule has 2 saturated carbocycles. The molecule has 0 saturated heterocycles. The van der Waals surface area contributed by atoms with E-state index in [0.717, 1.165) is 31.3 Å². The zero-order chi connectivity index (χ0) is 12.0. The van der Waals surface area contributed by atoms with E-state index in [1.807, 2.05) is 0 Å². The maximum absolute atomic E-state index is 11.0. The highest BCUT2D eigenvalue weighted by atomic mass is 16.3. The van der Waals surface area contributed by atoms with Crippen molar-refractivity contribution < 1.29 is 5.11 Å². The van der Waals surface area contributed by atoms with Crippen molar-refractivity contribution in [2.75, 3.05) is 0 Å². The molecule has 16 heavy (non-hydrogen) atoms. The van der Waals surface area contributed by atoms with Crippen LogP contribution in [0.5, 0.6) is 0 Å². The van der Waals surface area contributed by atoms with Crippen LogP contribution in [0.3, 0.4) is 0 Å². The van der Waals surface area contributed by atoms with E-state index in [9.17, 15) is 5.11 Å². The van der Waals surface area contributed by atoms with Gasteiger partial charge >= 0.3 is 0 Å². The van der Waals surface area contributed by atoms with Gasteiger partial charge in [-0.3, -0.25) is 0 Å². The molecule has 1 nitrogen and oxygen atoms in total. The van der Waals surface area contributed by atoms with E-state index in [0.29, 0.717) is 5.92 Å². The summed E-state index contributed by atoms with van der Waals surface area (Å²) in [5, 5.41) is 11.0. The van der Waals surface area contributed by atoms with Gasteiger partial charge in [-0.25, -0.2) is 0 Å². The molecule has 0 amide bonds. The monoisotopic (exact) mass is 220 g/mol. The quantitative estimate of drug-likeness (QED) is 0.666. The molecule has 0 unspecified atom stereocenters. The summed E-state index contributed by atoms with van der Waals surface area (Å²) in [6.07, 6.45) is 6.47. The molecular weight excluding hydrogens is 196 g/mol. The highest BCUT2D eigenvalue weighted by molar-refractivity contribution is 5.25. The number of aliphatic hydroxyl groups is 1. The molecule has 1 N–H and O–H groups in total. The number of rotatable bonds is 1. The molecule has 0 heterocycles. The average Bonchev–Trinajstić information content (AvgIpc) is 2.20. The lowest BCUT2D eigenvalue weighted by Gasteiger charge is -2.55. The topological polar surface area (TPSA) is 20.2 Å². The van der Waals surface area contributed by atoms with Gasteiger partial charge in [0.1, 0.15) is 0 Å². The summed E-state index contributed by atoms with van der Waals surface area (Å²) < 4.78 is 0. The normalized spacial score (nSPS) is 43.9. The van der Waals surface area contributed by atoms with E-state index in [1.165, 1.54) is 18.4 Å². The lowest BCUT2D eigenvalue weighted by Crippen LogP contribution is -2.54. The van der Waals surface area contributed by atoms with Crippen LogP contribution in [0.15, 0.2) is 24.3 Å². The molecule has 0 aromatic heterocycles. The van der Waals surface area contributed by atoms with E-state index in [4.69, 9.17) is 0 Å². The highest BCUT2D eigenvalue weighted by Gasteiger charge is 2.53. The maximum atomic E-state index is 11.0. The summed E-state index contributed by atoms with van der Waals surface area (Å²) in [7, 11) is 0. The van der Waals surface area contributed by atoms with Gasteiger partial charge in [-0.2, -0.15) is 0 Å². The van der Waals surface area contributed by atoms with E-state index in [1.54, 1.807) is 0 Å². The molecule has 0 aliphatic heterocycles. The van der Waals surface area contributed by atoms with Crippen LogP contribution in [0.1, 0.15) is 52.4 Å². The van der Waals surface area contributed by atoms with E-state index < -0.39 is 5.60 Å². The maximum Gasteiger partial charge on any atom is 0.0913 e. The minimum absolute atomic E-state index is 0.0638. The highest BCUT2D eigenvalue weighted by Crippen LogP contribution is 2.56. The predicted molar refractivity (Wildman–Crippen MR) is 68.2 cm³/mol. The van der Waals surface area contributed by atoms with Crippen molar-refractivity contribution in [2.24, 2.45) is 11.3 Å². The van der Waals surface area contributed by atoms with Gasteiger partial charge < -0.3 is 5.11 Å². The molecule has 2 rings (SSSR count). The van der Waals surface area contributed by atoms with Crippen molar-refractivity contribution in [3.05, 3.63) is 24.3 Å². The largest absolute Gasteiger partial charge is 0.385 e. The zero-order valence-corrected chi connectivity index (χ0v) is 10.7. The summed E-state index contributed by atoms with van der Waals surface area (Å²) in [6.45, 7) is 12.5. The molecule has 0 bridgehead atoms. The standard InChI is InChI=1S/C15H24O/c1-11(2)13-7-9-14(4)8-5-6-12(3)15(14,16)10-13/h13,16H,1,3,5-10H2,2,4H3/t13-,14-,15-/m1/s1. The molecule has 90 valence electrons. The first-order valence-corrected chi connectivity index (χ1v) is 6.45. The summed E-state index contributed by atoms with van der Waals surface area (Å²) in [5.74, 6) is 0.480.